The van der Waals surface area contributed by atoms with Crippen LogP contribution in [0.5, 0.6) is 5.75 Å². The highest BCUT2D eigenvalue weighted by molar-refractivity contribution is 6.06. The van der Waals surface area contributed by atoms with Crippen LogP contribution < -0.4 is 5.32 Å². The van der Waals surface area contributed by atoms with Crippen molar-refractivity contribution in [3.63, 3.8) is 0 Å². The number of rotatable bonds is 3. The highest BCUT2D eigenvalue weighted by atomic mass is 16.6. The van der Waals surface area contributed by atoms with Crippen LogP contribution in [-0.2, 0) is 0 Å². The molecule has 0 unspecified atom stereocenters. The third kappa shape index (κ3) is 2.51. The molecular formula is C11H9N3O5. The number of aromatic hydroxyl groups is 1. The van der Waals surface area contributed by atoms with Gasteiger partial charge in [-0.1, -0.05) is 11.2 Å². The average Bonchev–Trinajstić information content (AvgIpc) is 2.74. The molecule has 2 rings (SSSR count). The second-order valence-corrected chi connectivity index (χ2v) is 3.72. The lowest BCUT2D eigenvalue weighted by atomic mass is 10.1. The van der Waals surface area contributed by atoms with Crippen molar-refractivity contribution in [1.29, 1.82) is 0 Å². The molecular weight excluding hydrogens is 254 g/mol. The van der Waals surface area contributed by atoms with E-state index in [2.05, 4.69) is 10.5 Å². The summed E-state index contributed by atoms with van der Waals surface area (Å²) in [7, 11) is 0. The standard InChI is InChI=1S/C11H9N3O5/c1-6-5-9(19-13-6)12-11(16)7-3-2-4-8(10(7)15)14(17)18/h2-5,15H,1H3,(H,12,16). The zero-order valence-electron chi connectivity index (χ0n) is 9.78. The van der Waals surface area contributed by atoms with Crippen LogP contribution >= 0.6 is 0 Å². The molecule has 2 N–H and O–H groups in total. The number of phenolic OH excluding ortho intramolecular Hbond substituents is 1. The molecule has 19 heavy (non-hydrogen) atoms. The maximum atomic E-state index is 11.8. The van der Waals surface area contributed by atoms with Crippen LogP contribution in [0.25, 0.3) is 0 Å². The Morgan fingerprint density at radius 3 is 2.84 bits per heavy atom. The Morgan fingerprint density at radius 2 is 2.26 bits per heavy atom. The number of amides is 1. The minimum atomic E-state index is -0.773. The van der Waals surface area contributed by atoms with Crippen LogP contribution in [0.3, 0.4) is 0 Å². The molecule has 0 bridgehead atoms. The maximum Gasteiger partial charge on any atom is 0.311 e. The van der Waals surface area contributed by atoms with E-state index in [-0.39, 0.29) is 11.4 Å². The second kappa shape index (κ2) is 4.77. The summed E-state index contributed by atoms with van der Waals surface area (Å²) < 4.78 is 4.78. The molecule has 0 aliphatic carbocycles. The minimum Gasteiger partial charge on any atom is -0.502 e. The van der Waals surface area contributed by atoms with Crippen LogP contribution in [0.4, 0.5) is 11.6 Å². The summed E-state index contributed by atoms with van der Waals surface area (Å²) in [6, 6.07) is 5.15. The van der Waals surface area contributed by atoms with E-state index < -0.39 is 22.3 Å². The molecule has 1 amide bonds. The van der Waals surface area contributed by atoms with Crippen molar-refractivity contribution < 1.29 is 19.3 Å². The van der Waals surface area contributed by atoms with Crippen molar-refractivity contribution in [3.8, 4) is 5.75 Å². The average molecular weight is 263 g/mol. The first-order chi connectivity index (χ1) is 8.99. The number of carbonyl (C=O) groups excluding carboxylic acids is 1. The molecule has 0 spiro atoms. The Labute approximate surface area is 106 Å². The molecule has 1 aromatic carbocycles. The monoisotopic (exact) mass is 263 g/mol. The molecule has 0 saturated heterocycles. The summed E-state index contributed by atoms with van der Waals surface area (Å²) in [5.41, 5.74) is -0.191. The van der Waals surface area contributed by atoms with Crippen LogP contribution in [0.2, 0.25) is 0 Å². The van der Waals surface area contributed by atoms with E-state index in [1.807, 2.05) is 0 Å². The molecule has 0 saturated carbocycles. The van der Waals surface area contributed by atoms with E-state index in [0.29, 0.717) is 5.69 Å². The fourth-order valence-corrected chi connectivity index (χ4v) is 1.46. The number of nitro groups is 1. The lowest BCUT2D eigenvalue weighted by Gasteiger charge is -2.03. The van der Waals surface area contributed by atoms with Crippen LogP contribution in [-0.4, -0.2) is 21.1 Å². The van der Waals surface area contributed by atoms with Gasteiger partial charge in [0, 0.05) is 12.1 Å². The number of hydrogen-bond acceptors (Lipinski definition) is 6. The number of carbonyl (C=O) groups is 1. The van der Waals surface area contributed by atoms with Crippen LogP contribution in [0.15, 0.2) is 28.8 Å². The number of nitrogens with zero attached hydrogens (tertiary/aromatic N) is 2. The van der Waals surface area contributed by atoms with Gasteiger partial charge in [0.2, 0.25) is 11.6 Å². The van der Waals surface area contributed by atoms with Crippen molar-refractivity contribution >= 4 is 17.5 Å². The minimum absolute atomic E-state index is 0.0911. The van der Waals surface area contributed by atoms with Gasteiger partial charge in [-0.25, -0.2) is 0 Å². The van der Waals surface area contributed by atoms with Gasteiger partial charge in [0.05, 0.1) is 16.2 Å². The normalized spacial score (nSPS) is 10.2. The van der Waals surface area contributed by atoms with Crippen LogP contribution in [0.1, 0.15) is 16.1 Å². The first kappa shape index (κ1) is 12.6. The highest BCUT2D eigenvalue weighted by Gasteiger charge is 2.21. The molecule has 0 fully saturated rings. The first-order valence-electron chi connectivity index (χ1n) is 5.20. The largest absolute Gasteiger partial charge is 0.502 e. The van der Waals surface area contributed by atoms with Crippen molar-refractivity contribution in [3.05, 3.63) is 45.6 Å². The van der Waals surface area contributed by atoms with Gasteiger partial charge in [-0.15, -0.1) is 0 Å². The molecule has 2 aromatic rings. The Kier molecular flexibility index (Phi) is 3.15. The first-order valence-corrected chi connectivity index (χ1v) is 5.20. The molecule has 0 radical (unpaired) electrons. The lowest BCUT2D eigenvalue weighted by Crippen LogP contribution is -2.12. The number of para-hydroxylation sites is 1. The van der Waals surface area contributed by atoms with Crippen LogP contribution in [0, 0.1) is 17.0 Å². The summed E-state index contributed by atoms with van der Waals surface area (Å²) in [5, 5.41) is 26.2. The van der Waals surface area contributed by atoms with E-state index >= 15 is 0 Å². The molecule has 98 valence electrons. The summed E-state index contributed by atoms with van der Waals surface area (Å²) >= 11 is 0. The van der Waals surface area contributed by atoms with Gasteiger partial charge < -0.3 is 9.63 Å². The molecule has 1 heterocycles. The molecule has 0 aliphatic heterocycles. The summed E-state index contributed by atoms with van der Waals surface area (Å²) in [6.07, 6.45) is 0. The number of nitrogens with one attached hydrogen (secondary N) is 1. The lowest BCUT2D eigenvalue weighted by molar-refractivity contribution is -0.385. The van der Waals surface area contributed by atoms with Crippen molar-refractivity contribution in [1.82, 2.24) is 5.16 Å². The smallest absolute Gasteiger partial charge is 0.311 e. The van der Waals surface area contributed by atoms with E-state index in [1.54, 1.807) is 6.92 Å². The van der Waals surface area contributed by atoms with Gasteiger partial charge in [0.15, 0.2) is 0 Å². The zero-order chi connectivity index (χ0) is 14.0. The fraction of sp³-hybridized carbons (Fsp3) is 0.0909. The van der Waals surface area contributed by atoms with Gasteiger partial charge in [0.1, 0.15) is 0 Å². The Bertz CT molecular complexity index is 650. The number of hydrogen-bond donors (Lipinski definition) is 2. The summed E-state index contributed by atoms with van der Waals surface area (Å²) in [4.78, 5) is 21.7. The Morgan fingerprint density at radius 1 is 1.53 bits per heavy atom. The van der Waals surface area contributed by atoms with Gasteiger partial charge in [-0.05, 0) is 13.0 Å². The van der Waals surface area contributed by atoms with E-state index in [0.717, 1.165) is 6.07 Å². The summed E-state index contributed by atoms with van der Waals surface area (Å²) in [6.45, 7) is 1.67. The van der Waals surface area contributed by atoms with Gasteiger partial charge in [-0.2, -0.15) is 0 Å². The van der Waals surface area contributed by atoms with Crippen molar-refractivity contribution in [2.24, 2.45) is 0 Å². The highest BCUT2D eigenvalue weighted by Crippen LogP contribution is 2.29. The quantitative estimate of drug-likeness (QED) is 0.644. The zero-order valence-corrected chi connectivity index (χ0v) is 9.78. The predicted molar refractivity (Wildman–Crippen MR) is 64.0 cm³/mol. The van der Waals surface area contributed by atoms with Crippen molar-refractivity contribution in [2.45, 2.75) is 6.92 Å². The summed E-state index contributed by atoms with van der Waals surface area (Å²) in [5.74, 6) is -1.33. The number of aromatic nitrogens is 1. The maximum absolute atomic E-state index is 11.8. The molecule has 8 nitrogen and oxygen atoms in total. The molecule has 0 aliphatic rings. The van der Waals surface area contributed by atoms with E-state index in [4.69, 9.17) is 4.52 Å². The van der Waals surface area contributed by atoms with Gasteiger partial charge >= 0.3 is 5.69 Å². The van der Waals surface area contributed by atoms with Crippen molar-refractivity contribution in [2.75, 3.05) is 5.32 Å². The van der Waals surface area contributed by atoms with E-state index in [9.17, 15) is 20.0 Å². The SMILES string of the molecule is Cc1cc(NC(=O)c2cccc([N+](=O)[O-])c2O)on1. The number of aryl methyl sites for hydroxylation is 1. The Balaban J connectivity index is 2.29. The number of anilines is 1. The Hall–Kier alpha value is -2.90. The fourth-order valence-electron chi connectivity index (χ4n) is 1.46. The molecule has 0 atom stereocenters. The molecule has 1 aromatic heterocycles. The number of phenols is 1. The third-order valence-electron chi connectivity index (χ3n) is 2.32. The van der Waals surface area contributed by atoms with E-state index in [1.165, 1.54) is 18.2 Å². The van der Waals surface area contributed by atoms with Gasteiger partial charge in [-0.3, -0.25) is 20.2 Å². The number of nitro benzene ring substituents is 1. The third-order valence-corrected chi connectivity index (χ3v) is 2.32. The van der Waals surface area contributed by atoms with Gasteiger partial charge in [0.25, 0.3) is 5.91 Å². The second-order valence-electron chi connectivity index (χ2n) is 3.72. The molecule has 8 heteroatoms. The topological polar surface area (TPSA) is 118 Å². The predicted octanol–water partition coefficient (Wildman–Crippen LogP) is 1.85. The number of benzene rings is 1.